The molecule has 3 aromatic rings. The Hall–Kier alpha value is -2.54. The van der Waals surface area contributed by atoms with Crippen molar-refractivity contribution in [2.45, 2.75) is 76.3 Å². The lowest BCUT2D eigenvalue weighted by atomic mass is 9.85. The van der Waals surface area contributed by atoms with Crippen LogP contribution in [0.4, 0.5) is 0 Å². The van der Waals surface area contributed by atoms with Gasteiger partial charge in [0.25, 0.3) is 0 Å². The summed E-state index contributed by atoms with van der Waals surface area (Å²) in [5.74, 6) is 0. The van der Waals surface area contributed by atoms with Crippen LogP contribution in [0.3, 0.4) is 0 Å². The number of likely N-dealkylation sites (tertiary alicyclic amines) is 1. The Morgan fingerprint density at radius 3 is 1.81 bits per heavy atom. The van der Waals surface area contributed by atoms with E-state index in [9.17, 15) is 10.2 Å². The van der Waals surface area contributed by atoms with Crippen LogP contribution in [0.25, 0.3) is 0 Å². The van der Waals surface area contributed by atoms with Crippen LogP contribution in [0.5, 0.6) is 0 Å². The zero-order chi connectivity index (χ0) is 25.2. The zero-order valence-corrected chi connectivity index (χ0v) is 21.2. The SMILES string of the molecule is CCCC[C@H]1[C@H](O)[C@@H](OCc2ccccc2)[C@H](O)[C@H](COCc2ccccc2)N1Cc1ccccc1. The van der Waals surface area contributed by atoms with Crippen molar-refractivity contribution in [3.8, 4) is 0 Å². The average molecular weight is 490 g/mol. The van der Waals surface area contributed by atoms with Crippen molar-refractivity contribution >= 4 is 0 Å². The smallest absolute Gasteiger partial charge is 0.113 e. The summed E-state index contributed by atoms with van der Waals surface area (Å²) in [6.07, 6.45) is 0.481. The molecule has 0 bridgehead atoms. The molecule has 2 N–H and O–H groups in total. The largest absolute Gasteiger partial charge is 0.389 e. The van der Waals surface area contributed by atoms with E-state index >= 15 is 0 Å². The fraction of sp³-hybridized carbons (Fsp3) is 0.419. The summed E-state index contributed by atoms with van der Waals surface area (Å²) < 4.78 is 12.4. The van der Waals surface area contributed by atoms with Gasteiger partial charge in [-0.25, -0.2) is 0 Å². The van der Waals surface area contributed by atoms with Crippen LogP contribution >= 0.6 is 0 Å². The van der Waals surface area contributed by atoms with Gasteiger partial charge in [-0.2, -0.15) is 0 Å². The summed E-state index contributed by atoms with van der Waals surface area (Å²) in [6, 6.07) is 29.8. The van der Waals surface area contributed by atoms with Crippen molar-refractivity contribution in [3.63, 3.8) is 0 Å². The number of nitrogens with zero attached hydrogens (tertiary/aromatic N) is 1. The van der Waals surface area contributed by atoms with Crippen LogP contribution in [-0.4, -0.2) is 52.1 Å². The Labute approximate surface area is 215 Å². The molecule has 0 aromatic heterocycles. The molecule has 3 aromatic carbocycles. The predicted octanol–water partition coefficient (Wildman–Crippen LogP) is 4.95. The van der Waals surface area contributed by atoms with Crippen molar-refractivity contribution in [2.75, 3.05) is 6.61 Å². The van der Waals surface area contributed by atoms with E-state index in [0.29, 0.717) is 26.4 Å². The van der Waals surface area contributed by atoms with E-state index in [2.05, 4.69) is 24.0 Å². The van der Waals surface area contributed by atoms with Gasteiger partial charge >= 0.3 is 0 Å². The first-order valence-corrected chi connectivity index (χ1v) is 13.1. The first-order chi connectivity index (χ1) is 17.7. The Morgan fingerprint density at radius 2 is 1.22 bits per heavy atom. The number of hydrogen-bond donors (Lipinski definition) is 2. The lowest BCUT2D eigenvalue weighted by molar-refractivity contribution is -0.200. The summed E-state index contributed by atoms with van der Waals surface area (Å²) in [5.41, 5.74) is 3.26. The standard InChI is InChI=1S/C31H39NO4/c1-2-3-19-27-29(33)31(36-22-26-17-11-6-12-18-26)30(34)28(23-35-21-25-15-9-5-10-16-25)32(27)20-24-13-7-4-8-14-24/h4-18,27-31,33-34H,2-3,19-23H2,1H3/t27-,28-,29-,30+,31+/m0/s1. The molecule has 4 rings (SSSR count). The second-order valence-electron chi connectivity index (χ2n) is 9.68. The maximum Gasteiger partial charge on any atom is 0.113 e. The van der Waals surface area contributed by atoms with Crippen LogP contribution in [0.2, 0.25) is 0 Å². The van der Waals surface area contributed by atoms with Crippen LogP contribution in [0, 0.1) is 0 Å². The average Bonchev–Trinajstić information content (AvgIpc) is 2.92. The minimum Gasteiger partial charge on any atom is -0.389 e. The highest BCUT2D eigenvalue weighted by Gasteiger charge is 2.48. The minimum absolute atomic E-state index is 0.139. The molecule has 1 fully saturated rings. The first kappa shape index (κ1) is 26.5. The fourth-order valence-electron chi connectivity index (χ4n) is 5.09. The van der Waals surface area contributed by atoms with Crippen LogP contribution in [-0.2, 0) is 29.2 Å². The summed E-state index contributed by atoms with van der Waals surface area (Å²) in [7, 11) is 0. The Bertz CT molecular complexity index is 1000. The number of ether oxygens (including phenoxy) is 2. The number of rotatable bonds is 12. The maximum absolute atomic E-state index is 11.6. The van der Waals surface area contributed by atoms with Gasteiger partial charge in [0.15, 0.2) is 0 Å². The van der Waals surface area contributed by atoms with Gasteiger partial charge in [-0.05, 0) is 23.1 Å². The third-order valence-corrected chi connectivity index (χ3v) is 7.06. The van der Waals surface area contributed by atoms with Crippen LogP contribution < -0.4 is 0 Å². The molecule has 0 unspecified atom stereocenters. The van der Waals surface area contributed by atoms with Crippen molar-refractivity contribution in [1.29, 1.82) is 0 Å². The van der Waals surface area contributed by atoms with E-state index in [1.807, 2.05) is 78.9 Å². The van der Waals surface area contributed by atoms with Crippen LogP contribution in [0.1, 0.15) is 42.9 Å². The molecule has 0 aliphatic carbocycles. The molecule has 0 spiro atoms. The van der Waals surface area contributed by atoms with E-state index in [-0.39, 0.29) is 12.1 Å². The van der Waals surface area contributed by atoms with Crippen LogP contribution in [0.15, 0.2) is 91.0 Å². The summed E-state index contributed by atoms with van der Waals surface area (Å²) in [5, 5.41) is 23.1. The molecule has 36 heavy (non-hydrogen) atoms. The monoisotopic (exact) mass is 489 g/mol. The van der Waals surface area contributed by atoms with Gasteiger partial charge in [0, 0.05) is 12.6 Å². The molecule has 1 aliphatic rings. The highest BCUT2D eigenvalue weighted by Crippen LogP contribution is 2.32. The highest BCUT2D eigenvalue weighted by molar-refractivity contribution is 5.17. The topological polar surface area (TPSA) is 62.2 Å². The zero-order valence-electron chi connectivity index (χ0n) is 21.2. The summed E-state index contributed by atoms with van der Waals surface area (Å²) in [6.45, 7) is 3.96. The van der Waals surface area contributed by atoms with Crippen molar-refractivity contribution in [3.05, 3.63) is 108 Å². The first-order valence-electron chi connectivity index (χ1n) is 13.1. The van der Waals surface area contributed by atoms with Gasteiger partial charge in [-0.1, -0.05) is 111 Å². The molecule has 5 heteroatoms. The van der Waals surface area contributed by atoms with Crippen molar-refractivity contribution in [1.82, 2.24) is 4.90 Å². The quantitative estimate of drug-likeness (QED) is 0.377. The second-order valence-corrected chi connectivity index (χ2v) is 9.68. The molecule has 5 nitrogen and oxygen atoms in total. The number of unbranched alkanes of at least 4 members (excludes halogenated alkanes) is 1. The van der Waals surface area contributed by atoms with Gasteiger partial charge in [-0.3, -0.25) is 4.90 Å². The summed E-state index contributed by atoms with van der Waals surface area (Å²) >= 11 is 0. The van der Waals surface area contributed by atoms with E-state index < -0.39 is 18.3 Å². The minimum atomic E-state index is -0.888. The molecule has 1 aliphatic heterocycles. The maximum atomic E-state index is 11.6. The summed E-state index contributed by atoms with van der Waals surface area (Å²) in [4.78, 5) is 2.24. The van der Waals surface area contributed by atoms with E-state index in [0.717, 1.165) is 36.0 Å². The fourth-order valence-corrected chi connectivity index (χ4v) is 5.09. The van der Waals surface area contributed by atoms with Gasteiger partial charge in [0.05, 0.1) is 32.0 Å². The Balaban J connectivity index is 1.56. The Morgan fingerprint density at radius 1 is 0.694 bits per heavy atom. The van der Waals surface area contributed by atoms with Crippen molar-refractivity contribution in [2.24, 2.45) is 0 Å². The molecule has 5 atom stereocenters. The molecule has 1 saturated heterocycles. The van der Waals surface area contributed by atoms with Gasteiger partial charge < -0.3 is 19.7 Å². The number of benzene rings is 3. The number of aliphatic hydroxyl groups is 2. The Kier molecular flexibility index (Phi) is 10.1. The predicted molar refractivity (Wildman–Crippen MR) is 142 cm³/mol. The molecule has 0 radical (unpaired) electrons. The van der Waals surface area contributed by atoms with Gasteiger partial charge in [0.1, 0.15) is 12.2 Å². The highest BCUT2D eigenvalue weighted by atomic mass is 16.5. The van der Waals surface area contributed by atoms with E-state index in [1.165, 1.54) is 0 Å². The molecular weight excluding hydrogens is 450 g/mol. The third-order valence-electron chi connectivity index (χ3n) is 7.06. The van der Waals surface area contributed by atoms with Gasteiger partial charge in [-0.15, -0.1) is 0 Å². The number of piperidine rings is 1. The molecule has 0 saturated carbocycles. The number of aliphatic hydroxyl groups excluding tert-OH is 2. The normalized spacial score (nSPS) is 24.6. The number of hydrogen-bond acceptors (Lipinski definition) is 5. The van der Waals surface area contributed by atoms with Crippen molar-refractivity contribution < 1.29 is 19.7 Å². The van der Waals surface area contributed by atoms with Gasteiger partial charge in [0.2, 0.25) is 0 Å². The second kappa shape index (κ2) is 13.7. The van der Waals surface area contributed by atoms with E-state index in [1.54, 1.807) is 0 Å². The lowest BCUT2D eigenvalue weighted by Crippen LogP contribution is -2.67. The molecule has 192 valence electrons. The lowest BCUT2D eigenvalue weighted by Gasteiger charge is -2.50. The molecular formula is C31H39NO4. The molecule has 0 amide bonds. The molecule has 1 heterocycles. The third kappa shape index (κ3) is 7.02. The van der Waals surface area contributed by atoms with E-state index in [4.69, 9.17) is 9.47 Å².